The molecule has 0 saturated heterocycles. The van der Waals surface area contributed by atoms with Crippen LogP contribution in [0.15, 0.2) is 71.3 Å². The van der Waals surface area contributed by atoms with Gasteiger partial charge in [-0.3, -0.25) is 19.7 Å². The fraction of sp³-hybridized carbons (Fsp3) is 0.0500. The molecule has 0 fully saturated rings. The van der Waals surface area contributed by atoms with Gasteiger partial charge in [-0.25, -0.2) is 4.79 Å². The van der Waals surface area contributed by atoms with Gasteiger partial charge in [-0.15, -0.1) is 0 Å². The molecule has 1 heterocycles. The highest BCUT2D eigenvalue weighted by molar-refractivity contribution is 6.02. The Bertz CT molecular complexity index is 1080. The lowest BCUT2D eigenvalue weighted by atomic mass is 10.2. The SMILES string of the molecule is O=C(COC(=O)c1ccc(NC(=O)c2ccco2)cc1)Nc1cccc([N+](=O)[O-])c1. The van der Waals surface area contributed by atoms with Gasteiger partial charge in [0.1, 0.15) is 0 Å². The number of benzene rings is 2. The van der Waals surface area contributed by atoms with E-state index in [0.29, 0.717) is 5.69 Å². The number of furan rings is 1. The quantitative estimate of drug-likeness (QED) is 0.347. The van der Waals surface area contributed by atoms with E-state index in [-0.39, 0.29) is 22.7 Å². The number of carbonyl (C=O) groups excluding carboxylic acids is 3. The molecule has 2 amide bonds. The number of anilines is 2. The maximum absolute atomic E-state index is 12.1. The average molecular weight is 409 g/mol. The van der Waals surface area contributed by atoms with Crippen LogP contribution in [0.5, 0.6) is 0 Å². The lowest BCUT2D eigenvalue weighted by Crippen LogP contribution is -2.21. The summed E-state index contributed by atoms with van der Waals surface area (Å²) in [6, 6.07) is 14.3. The molecule has 0 spiro atoms. The van der Waals surface area contributed by atoms with Gasteiger partial charge in [-0.05, 0) is 42.5 Å². The van der Waals surface area contributed by atoms with Gasteiger partial charge in [0.2, 0.25) is 0 Å². The molecule has 0 atom stereocenters. The zero-order chi connectivity index (χ0) is 21.5. The summed E-state index contributed by atoms with van der Waals surface area (Å²) in [4.78, 5) is 46.0. The van der Waals surface area contributed by atoms with Crippen molar-refractivity contribution < 1.29 is 28.5 Å². The van der Waals surface area contributed by atoms with Crippen molar-refractivity contribution >= 4 is 34.8 Å². The van der Waals surface area contributed by atoms with Crippen molar-refractivity contribution in [2.24, 2.45) is 0 Å². The molecule has 10 heteroatoms. The van der Waals surface area contributed by atoms with E-state index in [1.54, 1.807) is 6.07 Å². The maximum atomic E-state index is 12.1. The van der Waals surface area contributed by atoms with E-state index in [4.69, 9.17) is 9.15 Å². The van der Waals surface area contributed by atoms with E-state index in [9.17, 15) is 24.5 Å². The van der Waals surface area contributed by atoms with E-state index >= 15 is 0 Å². The van der Waals surface area contributed by atoms with Crippen molar-refractivity contribution in [2.45, 2.75) is 0 Å². The number of non-ortho nitro benzene ring substituents is 1. The summed E-state index contributed by atoms with van der Waals surface area (Å²) in [5.41, 5.74) is 0.649. The van der Waals surface area contributed by atoms with E-state index in [0.717, 1.165) is 0 Å². The number of ether oxygens (including phenoxy) is 1. The smallest absolute Gasteiger partial charge is 0.338 e. The van der Waals surface area contributed by atoms with Gasteiger partial charge in [0, 0.05) is 23.5 Å². The van der Waals surface area contributed by atoms with Gasteiger partial charge in [0.15, 0.2) is 12.4 Å². The predicted molar refractivity (Wildman–Crippen MR) is 105 cm³/mol. The monoisotopic (exact) mass is 409 g/mol. The second-order valence-electron chi connectivity index (χ2n) is 5.94. The maximum Gasteiger partial charge on any atom is 0.338 e. The molecule has 0 radical (unpaired) electrons. The molecular weight excluding hydrogens is 394 g/mol. The molecule has 152 valence electrons. The summed E-state index contributed by atoms with van der Waals surface area (Å²) in [5.74, 6) is -1.68. The minimum Gasteiger partial charge on any atom is -0.459 e. The minimum atomic E-state index is -0.742. The van der Waals surface area contributed by atoms with Crippen LogP contribution in [0.3, 0.4) is 0 Å². The minimum absolute atomic E-state index is 0.147. The van der Waals surface area contributed by atoms with Gasteiger partial charge in [0.05, 0.1) is 16.7 Å². The molecule has 1 aromatic heterocycles. The molecule has 10 nitrogen and oxygen atoms in total. The highest BCUT2D eigenvalue weighted by atomic mass is 16.6. The van der Waals surface area contributed by atoms with Crippen LogP contribution >= 0.6 is 0 Å². The lowest BCUT2D eigenvalue weighted by molar-refractivity contribution is -0.384. The van der Waals surface area contributed by atoms with Gasteiger partial charge in [-0.1, -0.05) is 6.07 Å². The lowest BCUT2D eigenvalue weighted by Gasteiger charge is -2.07. The first-order valence-corrected chi connectivity index (χ1v) is 8.59. The van der Waals surface area contributed by atoms with Crippen LogP contribution in [0.2, 0.25) is 0 Å². The van der Waals surface area contributed by atoms with E-state index in [1.165, 1.54) is 60.9 Å². The van der Waals surface area contributed by atoms with Crippen LogP contribution < -0.4 is 10.6 Å². The van der Waals surface area contributed by atoms with Crippen LogP contribution in [0, 0.1) is 10.1 Å². The number of hydrogen-bond donors (Lipinski definition) is 2. The Labute approximate surface area is 169 Å². The first-order valence-electron chi connectivity index (χ1n) is 8.59. The number of hydrogen-bond acceptors (Lipinski definition) is 7. The van der Waals surface area contributed by atoms with Crippen molar-refractivity contribution in [1.82, 2.24) is 0 Å². The van der Waals surface area contributed by atoms with Gasteiger partial charge in [0.25, 0.3) is 17.5 Å². The predicted octanol–water partition coefficient (Wildman–Crippen LogP) is 3.24. The Hall–Kier alpha value is -4.47. The standard InChI is InChI=1S/C20H15N3O7/c24-18(21-15-3-1-4-16(11-15)23(27)28)12-30-20(26)13-6-8-14(9-7-13)22-19(25)17-5-2-10-29-17/h1-11H,12H2,(H,21,24)(H,22,25). The molecule has 30 heavy (non-hydrogen) atoms. The number of esters is 1. The first-order chi connectivity index (χ1) is 14.4. The third-order valence-electron chi connectivity index (χ3n) is 3.80. The molecular formula is C20H15N3O7. The molecule has 0 unspecified atom stereocenters. The molecule has 0 aliphatic carbocycles. The molecule has 2 aromatic carbocycles. The van der Waals surface area contributed by atoms with E-state index in [2.05, 4.69) is 10.6 Å². The number of rotatable bonds is 7. The Morgan fingerprint density at radius 3 is 2.40 bits per heavy atom. The molecule has 0 bridgehead atoms. The molecule has 0 saturated carbocycles. The van der Waals surface area contributed by atoms with Crippen molar-refractivity contribution in [3.05, 3.63) is 88.4 Å². The molecule has 0 aliphatic heterocycles. The third kappa shape index (κ3) is 5.29. The largest absolute Gasteiger partial charge is 0.459 e. The van der Waals surface area contributed by atoms with E-state index < -0.39 is 29.3 Å². The zero-order valence-corrected chi connectivity index (χ0v) is 15.4. The van der Waals surface area contributed by atoms with Crippen LogP contribution in [0.4, 0.5) is 17.1 Å². The summed E-state index contributed by atoms with van der Waals surface area (Å²) < 4.78 is 9.92. The van der Waals surface area contributed by atoms with E-state index in [1.807, 2.05) is 0 Å². The number of nitro groups is 1. The summed E-state index contributed by atoms with van der Waals surface area (Å²) >= 11 is 0. The molecule has 3 rings (SSSR count). The summed E-state index contributed by atoms with van der Waals surface area (Å²) in [6.45, 7) is -0.571. The topological polar surface area (TPSA) is 141 Å². The number of nitrogens with one attached hydrogen (secondary N) is 2. The first kappa shape index (κ1) is 20.3. The number of carbonyl (C=O) groups is 3. The Morgan fingerprint density at radius 2 is 1.73 bits per heavy atom. The van der Waals surface area contributed by atoms with Crippen LogP contribution in [0.1, 0.15) is 20.9 Å². The van der Waals surface area contributed by atoms with Gasteiger partial charge in [-0.2, -0.15) is 0 Å². The van der Waals surface area contributed by atoms with Gasteiger partial charge < -0.3 is 19.8 Å². The summed E-state index contributed by atoms with van der Waals surface area (Å²) in [7, 11) is 0. The molecule has 0 aliphatic rings. The molecule has 3 aromatic rings. The Kier molecular flexibility index (Phi) is 6.18. The Balaban J connectivity index is 1.51. The highest BCUT2D eigenvalue weighted by Gasteiger charge is 2.13. The average Bonchev–Trinajstić information content (AvgIpc) is 3.28. The van der Waals surface area contributed by atoms with Gasteiger partial charge >= 0.3 is 5.97 Å². The number of nitro benzene ring substituents is 1. The van der Waals surface area contributed by atoms with Crippen molar-refractivity contribution in [2.75, 3.05) is 17.2 Å². The van der Waals surface area contributed by atoms with Crippen LogP contribution in [-0.2, 0) is 9.53 Å². The summed E-state index contributed by atoms with van der Waals surface area (Å²) in [5, 5.41) is 15.8. The van der Waals surface area contributed by atoms with Crippen molar-refractivity contribution in [3.8, 4) is 0 Å². The zero-order valence-electron chi connectivity index (χ0n) is 15.4. The third-order valence-corrected chi connectivity index (χ3v) is 3.80. The highest BCUT2D eigenvalue weighted by Crippen LogP contribution is 2.17. The fourth-order valence-electron chi connectivity index (χ4n) is 2.40. The van der Waals surface area contributed by atoms with Crippen LogP contribution in [0.25, 0.3) is 0 Å². The Morgan fingerprint density at radius 1 is 0.967 bits per heavy atom. The second kappa shape index (κ2) is 9.15. The van der Waals surface area contributed by atoms with Crippen molar-refractivity contribution in [1.29, 1.82) is 0 Å². The van der Waals surface area contributed by atoms with Crippen LogP contribution in [-0.4, -0.2) is 29.3 Å². The number of amides is 2. The number of nitrogens with zero attached hydrogens (tertiary/aromatic N) is 1. The fourth-order valence-corrected chi connectivity index (χ4v) is 2.40. The second-order valence-corrected chi connectivity index (χ2v) is 5.94. The molecule has 2 N–H and O–H groups in total. The van der Waals surface area contributed by atoms with Crippen molar-refractivity contribution in [3.63, 3.8) is 0 Å². The summed E-state index contributed by atoms with van der Waals surface area (Å²) in [6.07, 6.45) is 1.38. The normalized spacial score (nSPS) is 10.1.